The zero-order chi connectivity index (χ0) is 24.6. The number of benzene rings is 1. The minimum absolute atomic E-state index is 0.0450. The SMILES string of the molecule is CC#CCOc1ccc(S(=O)(=O)N(CCCN2CCN(C)CC2)C(O)(C(N)=O)C(C)C)cc1. The van der Waals surface area contributed by atoms with Gasteiger partial charge in [0.15, 0.2) is 0 Å². The Bertz CT molecular complexity index is 947. The normalized spacial score (nSPS) is 17.4. The lowest BCUT2D eigenvalue weighted by Crippen LogP contribution is -2.63. The summed E-state index contributed by atoms with van der Waals surface area (Å²) in [7, 11) is -2.17. The van der Waals surface area contributed by atoms with E-state index in [-0.39, 0.29) is 18.0 Å². The first kappa shape index (κ1) is 27.1. The summed E-state index contributed by atoms with van der Waals surface area (Å²) in [5, 5.41) is 11.2. The van der Waals surface area contributed by atoms with E-state index < -0.39 is 27.6 Å². The standard InChI is InChI=1S/C23H36N4O5S/c1-5-6-18-32-20-8-10-21(11-9-20)33(30,31)27(23(29,19(2)3)22(24)28)13-7-12-26-16-14-25(4)15-17-26/h8-11,19,29H,7,12-18H2,1-4H3,(H2,24,28). The minimum Gasteiger partial charge on any atom is -0.481 e. The van der Waals surface area contributed by atoms with E-state index in [1.54, 1.807) is 20.8 Å². The molecule has 184 valence electrons. The smallest absolute Gasteiger partial charge is 0.266 e. The predicted molar refractivity (Wildman–Crippen MR) is 127 cm³/mol. The molecule has 1 amide bonds. The number of sulfonamides is 1. The van der Waals surface area contributed by atoms with Crippen molar-refractivity contribution in [2.24, 2.45) is 11.7 Å². The molecule has 9 nitrogen and oxygen atoms in total. The second-order valence-electron chi connectivity index (χ2n) is 8.51. The molecule has 0 saturated carbocycles. The second-order valence-corrected chi connectivity index (χ2v) is 10.4. The third-order valence-corrected chi connectivity index (χ3v) is 7.79. The summed E-state index contributed by atoms with van der Waals surface area (Å²) in [6, 6.07) is 5.81. The highest BCUT2D eigenvalue weighted by Crippen LogP contribution is 2.30. The fraction of sp³-hybridized carbons (Fsp3) is 0.609. The molecule has 1 aliphatic rings. The van der Waals surface area contributed by atoms with E-state index in [2.05, 4.69) is 28.7 Å². The average Bonchev–Trinajstić information content (AvgIpc) is 2.77. The maximum absolute atomic E-state index is 13.6. The molecule has 0 spiro atoms. The van der Waals surface area contributed by atoms with Crippen LogP contribution in [-0.2, 0) is 14.8 Å². The molecule has 1 aromatic carbocycles. The van der Waals surface area contributed by atoms with Crippen LogP contribution in [0, 0.1) is 17.8 Å². The number of likely N-dealkylation sites (N-methyl/N-ethyl adjacent to an activating group) is 1. The summed E-state index contributed by atoms with van der Waals surface area (Å²) in [4.78, 5) is 16.7. The van der Waals surface area contributed by atoms with Gasteiger partial charge in [-0.3, -0.25) is 4.79 Å². The van der Waals surface area contributed by atoms with Crippen LogP contribution in [-0.4, -0.2) is 92.2 Å². The van der Waals surface area contributed by atoms with Gasteiger partial charge in [0.2, 0.25) is 15.7 Å². The van der Waals surface area contributed by atoms with E-state index in [9.17, 15) is 18.3 Å². The Hall–Kier alpha value is -2.16. The maximum atomic E-state index is 13.6. The topological polar surface area (TPSA) is 116 Å². The van der Waals surface area contributed by atoms with Crippen molar-refractivity contribution >= 4 is 15.9 Å². The molecule has 3 N–H and O–H groups in total. The fourth-order valence-electron chi connectivity index (χ4n) is 3.71. The fourth-order valence-corrected chi connectivity index (χ4v) is 5.48. The Morgan fingerprint density at radius 3 is 2.36 bits per heavy atom. The van der Waals surface area contributed by atoms with Gasteiger partial charge < -0.3 is 25.4 Å². The van der Waals surface area contributed by atoms with E-state index in [0.29, 0.717) is 18.7 Å². The molecule has 2 rings (SSSR count). The molecule has 0 bridgehead atoms. The quantitative estimate of drug-likeness (QED) is 0.351. The molecule has 33 heavy (non-hydrogen) atoms. The molecular weight excluding hydrogens is 444 g/mol. The number of carbonyl (C=O) groups is 1. The molecule has 0 radical (unpaired) electrons. The van der Waals surface area contributed by atoms with Gasteiger partial charge in [-0.25, -0.2) is 8.42 Å². The number of amides is 1. The van der Waals surface area contributed by atoms with Crippen molar-refractivity contribution in [1.29, 1.82) is 0 Å². The van der Waals surface area contributed by atoms with Crippen molar-refractivity contribution in [3.05, 3.63) is 24.3 Å². The Morgan fingerprint density at radius 1 is 1.24 bits per heavy atom. The largest absolute Gasteiger partial charge is 0.481 e. The first-order valence-electron chi connectivity index (χ1n) is 11.1. The van der Waals surface area contributed by atoms with Gasteiger partial charge in [-0.15, -0.1) is 5.92 Å². The average molecular weight is 481 g/mol. The summed E-state index contributed by atoms with van der Waals surface area (Å²) < 4.78 is 33.4. The molecule has 1 aromatic rings. The number of hydrogen-bond donors (Lipinski definition) is 2. The van der Waals surface area contributed by atoms with Crippen LogP contribution in [0.2, 0.25) is 0 Å². The van der Waals surface area contributed by atoms with Gasteiger partial charge >= 0.3 is 0 Å². The molecule has 0 aromatic heterocycles. The van der Waals surface area contributed by atoms with Crippen molar-refractivity contribution < 1.29 is 23.1 Å². The molecule has 1 fully saturated rings. The van der Waals surface area contributed by atoms with E-state index in [0.717, 1.165) is 30.5 Å². The van der Waals surface area contributed by atoms with Crippen molar-refractivity contribution in [3.63, 3.8) is 0 Å². The van der Waals surface area contributed by atoms with E-state index >= 15 is 0 Å². The van der Waals surface area contributed by atoms with Crippen molar-refractivity contribution in [2.75, 3.05) is 52.9 Å². The van der Waals surface area contributed by atoms with Gasteiger partial charge in [0.05, 0.1) is 4.90 Å². The van der Waals surface area contributed by atoms with Crippen molar-refractivity contribution in [3.8, 4) is 17.6 Å². The number of nitrogens with zero attached hydrogens (tertiary/aromatic N) is 3. The highest BCUT2D eigenvalue weighted by Gasteiger charge is 2.49. The summed E-state index contributed by atoms with van der Waals surface area (Å²) in [6.07, 6.45) is 0.447. The van der Waals surface area contributed by atoms with Crippen LogP contribution in [0.4, 0.5) is 0 Å². The number of piperazine rings is 1. The highest BCUT2D eigenvalue weighted by molar-refractivity contribution is 7.89. The molecule has 1 heterocycles. The molecule has 10 heteroatoms. The van der Waals surface area contributed by atoms with Gasteiger partial charge in [0, 0.05) is 38.6 Å². The third kappa shape index (κ3) is 6.68. The van der Waals surface area contributed by atoms with E-state index in [1.165, 1.54) is 24.3 Å². The highest BCUT2D eigenvalue weighted by atomic mass is 32.2. The van der Waals surface area contributed by atoms with E-state index in [1.807, 2.05) is 0 Å². The number of hydrogen-bond acceptors (Lipinski definition) is 7. The van der Waals surface area contributed by atoms with Crippen LogP contribution in [0.3, 0.4) is 0 Å². The van der Waals surface area contributed by atoms with Crippen LogP contribution >= 0.6 is 0 Å². The summed E-state index contributed by atoms with van der Waals surface area (Å²) in [5.41, 5.74) is 3.17. The predicted octanol–water partition coefficient (Wildman–Crippen LogP) is 0.547. The van der Waals surface area contributed by atoms with E-state index in [4.69, 9.17) is 10.5 Å². The van der Waals surface area contributed by atoms with Crippen LogP contribution in [0.5, 0.6) is 5.75 Å². The Balaban J connectivity index is 2.26. The van der Waals surface area contributed by atoms with Crippen LogP contribution in [0.1, 0.15) is 27.2 Å². The van der Waals surface area contributed by atoms with Gasteiger partial charge in [0.1, 0.15) is 12.4 Å². The van der Waals surface area contributed by atoms with Gasteiger partial charge in [-0.1, -0.05) is 19.8 Å². The Kier molecular flexibility index (Phi) is 9.70. The summed E-state index contributed by atoms with van der Waals surface area (Å²) >= 11 is 0. The van der Waals surface area contributed by atoms with Crippen LogP contribution in [0.15, 0.2) is 29.2 Å². The Morgan fingerprint density at radius 2 is 1.85 bits per heavy atom. The number of aliphatic hydroxyl groups is 1. The lowest BCUT2D eigenvalue weighted by Gasteiger charge is -2.39. The van der Waals surface area contributed by atoms with Crippen molar-refractivity contribution in [2.45, 2.75) is 37.8 Å². The van der Waals surface area contributed by atoms with Gasteiger partial charge in [-0.2, -0.15) is 4.31 Å². The molecule has 1 atom stereocenters. The molecule has 1 unspecified atom stereocenters. The van der Waals surface area contributed by atoms with Gasteiger partial charge in [-0.05, 0) is 51.2 Å². The summed E-state index contributed by atoms with van der Waals surface area (Å²) in [6.45, 7) is 9.29. The zero-order valence-corrected chi connectivity index (χ0v) is 20.8. The zero-order valence-electron chi connectivity index (χ0n) is 20.0. The number of ether oxygens (including phenoxy) is 1. The van der Waals surface area contributed by atoms with Gasteiger partial charge in [0.25, 0.3) is 5.91 Å². The lowest BCUT2D eigenvalue weighted by atomic mass is 9.98. The number of nitrogens with two attached hydrogens (primary N) is 1. The monoisotopic (exact) mass is 480 g/mol. The first-order valence-corrected chi connectivity index (χ1v) is 12.6. The molecule has 1 saturated heterocycles. The third-order valence-electron chi connectivity index (χ3n) is 5.88. The molecule has 1 aliphatic heterocycles. The second kappa shape index (κ2) is 11.8. The lowest BCUT2D eigenvalue weighted by molar-refractivity contribution is -0.158. The van der Waals surface area contributed by atoms with Crippen molar-refractivity contribution in [1.82, 2.24) is 14.1 Å². The number of carbonyl (C=O) groups excluding carboxylic acids is 1. The van der Waals surface area contributed by atoms with Crippen LogP contribution in [0.25, 0.3) is 0 Å². The number of rotatable bonds is 11. The minimum atomic E-state index is -4.23. The summed E-state index contributed by atoms with van der Waals surface area (Å²) in [5.74, 6) is 4.10. The first-order chi connectivity index (χ1) is 15.5. The maximum Gasteiger partial charge on any atom is 0.266 e. The number of primary amides is 1. The van der Waals surface area contributed by atoms with Crippen LogP contribution < -0.4 is 10.5 Å². The Labute approximate surface area is 197 Å². The molecular formula is C23H36N4O5S. The molecule has 0 aliphatic carbocycles.